The Morgan fingerprint density at radius 2 is 2.02 bits per heavy atom. The molecule has 13 heteroatoms. The summed E-state index contributed by atoms with van der Waals surface area (Å²) in [5.41, 5.74) is 2.23. The molecule has 3 N–H and O–H groups in total. The van der Waals surface area contributed by atoms with Crippen molar-refractivity contribution < 1.29 is 27.4 Å². The maximum absolute atomic E-state index is 13.5. The van der Waals surface area contributed by atoms with Gasteiger partial charge >= 0.3 is 6.18 Å². The van der Waals surface area contributed by atoms with Crippen molar-refractivity contribution in [3.63, 3.8) is 0 Å². The third kappa shape index (κ3) is 8.55. The maximum Gasteiger partial charge on any atom is 0.393 e. The molecule has 2 aromatic carbocycles. The van der Waals surface area contributed by atoms with Crippen molar-refractivity contribution >= 4 is 40.8 Å². The number of rotatable bonds is 12. The predicted molar refractivity (Wildman–Crippen MR) is 165 cm³/mol. The van der Waals surface area contributed by atoms with E-state index in [4.69, 9.17) is 21.1 Å². The highest BCUT2D eigenvalue weighted by Crippen LogP contribution is 2.43. The van der Waals surface area contributed by atoms with Gasteiger partial charge in [-0.2, -0.15) is 18.4 Å². The third-order valence-corrected chi connectivity index (χ3v) is 7.93. The number of aliphatic imine (C=N–C) groups is 1. The second-order valence-electron chi connectivity index (χ2n) is 11.2. The summed E-state index contributed by atoms with van der Waals surface area (Å²) in [6, 6.07) is 9.15. The van der Waals surface area contributed by atoms with E-state index in [-0.39, 0.29) is 24.0 Å². The van der Waals surface area contributed by atoms with Crippen molar-refractivity contribution in [2.45, 2.75) is 50.9 Å². The maximum atomic E-state index is 13.5. The van der Waals surface area contributed by atoms with Gasteiger partial charge in [0.2, 0.25) is 5.91 Å². The number of piperidine rings is 1. The normalized spacial score (nSPS) is 21.3. The van der Waals surface area contributed by atoms with E-state index in [0.717, 1.165) is 6.54 Å². The molecule has 4 unspecified atom stereocenters. The molecule has 2 aliphatic heterocycles. The van der Waals surface area contributed by atoms with Gasteiger partial charge in [-0.1, -0.05) is 11.6 Å². The van der Waals surface area contributed by atoms with Crippen LogP contribution in [0.5, 0.6) is 11.5 Å². The molecule has 0 aliphatic carbocycles. The summed E-state index contributed by atoms with van der Waals surface area (Å²) in [4.78, 5) is 19.2. The minimum atomic E-state index is -4.30. The lowest BCUT2D eigenvalue weighted by molar-refractivity contribution is -0.190. The van der Waals surface area contributed by atoms with Crippen LogP contribution < -0.4 is 25.4 Å². The topological polar surface area (TPSA) is 111 Å². The van der Waals surface area contributed by atoms with Crippen LogP contribution in [-0.2, 0) is 4.79 Å². The van der Waals surface area contributed by atoms with Gasteiger partial charge < -0.3 is 30.3 Å². The molecule has 9 nitrogen and oxygen atoms in total. The summed E-state index contributed by atoms with van der Waals surface area (Å²) < 4.78 is 51.9. The first-order valence-corrected chi connectivity index (χ1v) is 15.1. The number of halogens is 4. The Kier molecular flexibility index (Phi) is 11.4. The van der Waals surface area contributed by atoms with Gasteiger partial charge in [-0.3, -0.25) is 9.79 Å². The molecule has 4 rings (SSSR count). The molecule has 238 valence electrons. The van der Waals surface area contributed by atoms with Gasteiger partial charge in [0.05, 0.1) is 52.8 Å². The number of nitrogens with zero attached hydrogens (tertiary/aromatic N) is 3. The van der Waals surface area contributed by atoms with E-state index in [0.29, 0.717) is 66.5 Å². The van der Waals surface area contributed by atoms with E-state index < -0.39 is 30.1 Å². The van der Waals surface area contributed by atoms with Gasteiger partial charge in [-0.05, 0) is 71.6 Å². The van der Waals surface area contributed by atoms with E-state index in [9.17, 15) is 23.2 Å². The van der Waals surface area contributed by atoms with Crippen LogP contribution in [0.15, 0.2) is 35.3 Å². The van der Waals surface area contributed by atoms with Crippen LogP contribution in [-0.4, -0.2) is 69.6 Å². The molecule has 44 heavy (non-hydrogen) atoms. The molecule has 2 aliphatic rings. The number of amides is 1. The number of fused-ring (bicyclic) bond motifs is 1. The number of benzene rings is 2. The first-order chi connectivity index (χ1) is 21.0. The number of hydrogen-bond acceptors (Lipinski definition) is 8. The Labute approximate surface area is 260 Å². The summed E-state index contributed by atoms with van der Waals surface area (Å²) in [6.45, 7) is 3.35. The fourth-order valence-corrected chi connectivity index (χ4v) is 5.60. The Morgan fingerprint density at radius 3 is 2.70 bits per heavy atom. The lowest BCUT2D eigenvalue weighted by Gasteiger charge is -2.33. The molecule has 0 radical (unpaired) electrons. The molecule has 2 heterocycles. The van der Waals surface area contributed by atoms with Gasteiger partial charge in [0.15, 0.2) is 0 Å². The monoisotopic (exact) mass is 634 g/mol. The van der Waals surface area contributed by atoms with Crippen molar-refractivity contribution in [3.8, 4) is 17.6 Å². The average Bonchev–Trinajstić information content (AvgIpc) is 2.97. The number of ether oxygens (including phenoxy) is 2. The largest absolute Gasteiger partial charge is 0.492 e. The average molecular weight is 635 g/mol. The fourth-order valence-electron chi connectivity index (χ4n) is 5.38. The van der Waals surface area contributed by atoms with Crippen molar-refractivity contribution in [2.75, 3.05) is 51.0 Å². The molecule has 1 amide bonds. The van der Waals surface area contributed by atoms with Crippen LogP contribution in [0.2, 0.25) is 5.02 Å². The quantitative estimate of drug-likeness (QED) is 0.250. The van der Waals surface area contributed by atoms with Crippen molar-refractivity contribution in [1.29, 1.82) is 5.26 Å². The van der Waals surface area contributed by atoms with E-state index in [2.05, 4.69) is 27.0 Å². The van der Waals surface area contributed by atoms with Crippen molar-refractivity contribution in [2.24, 2.45) is 16.8 Å². The van der Waals surface area contributed by atoms with Gasteiger partial charge in [-0.25, -0.2) is 0 Å². The zero-order valence-corrected chi connectivity index (χ0v) is 25.8. The summed E-state index contributed by atoms with van der Waals surface area (Å²) >= 11 is 6.59. The molecular weight excluding hydrogens is 597 g/mol. The summed E-state index contributed by atoms with van der Waals surface area (Å²) in [7, 11) is 3.89. The number of carbonyl (C=O) groups excluding carboxylic acids is 1. The number of nitriles is 1. The Bertz CT molecular complexity index is 1380. The second-order valence-corrected chi connectivity index (χ2v) is 11.6. The molecule has 0 bridgehead atoms. The molecule has 0 aromatic heterocycles. The molecule has 1 fully saturated rings. The zero-order valence-electron chi connectivity index (χ0n) is 25.0. The van der Waals surface area contributed by atoms with Crippen LogP contribution in [0.3, 0.4) is 0 Å². The first kappa shape index (κ1) is 33.4. The minimum Gasteiger partial charge on any atom is -0.492 e. The highest BCUT2D eigenvalue weighted by Gasteiger charge is 2.45. The Hall–Kier alpha value is -3.53. The van der Waals surface area contributed by atoms with E-state index in [1.54, 1.807) is 30.5 Å². The molecular formula is C31H38ClF3N6O3. The smallest absolute Gasteiger partial charge is 0.393 e. The van der Waals surface area contributed by atoms with Gasteiger partial charge in [-0.15, -0.1) is 0 Å². The van der Waals surface area contributed by atoms with Crippen LogP contribution in [0.4, 0.5) is 30.2 Å². The van der Waals surface area contributed by atoms with Gasteiger partial charge in [0.1, 0.15) is 24.0 Å². The molecule has 0 saturated carbocycles. The van der Waals surface area contributed by atoms with Crippen molar-refractivity contribution in [3.05, 3.63) is 40.9 Å². The highest BCUT2D eigenvalue weighted by atomic mass is 35.5. The standard InChI is InChI=1S/C31H38ClF3N6O3/c1-4-43-28-15-25-21(14-26(28)39-29(42)8-6-12-41(2)3)30(19(16-36)17-38-25)40-24-10-9-20(13-23(24)32)44-18-27-22(31(33,34)35)7-5-11-37-27/h9-10,13-15,17,19,22,27,30,37,40H,4-8,11-12,18H2,1-3H3,(H,39,42). The number of hydrogen-bond donors (Lipinski definition) is 3. The first-order valence-electron chi connectivity index (χ1n) is 14.7. The SMILES string of the molecule is CCOc1cc2c(cc1NC(=O)CCCN(C)C)C(Nc1ccc(OCC3NCCCC3C(F)(F)F)cc1Cl)C(C#N)C=N2. The van der Waals surface area contributed by atoms with Crippen LogP contribution in [0, 0.1) is 23.2 Å². The summed E-state index contributed by atoms with van der Waals surface area (Å²) in [5, 5.41) is 19.4. The number of carbonyl (C=O) groups is 1. The van der Waals surface area contributed by atoms with E-state index in [1.165, 1.54) is 6.07 Å². The Balaban J connectivity index is 1.52. The summed E-state index contributed by atoms with van der Waals surface area (Å²) in [5.74, 6) is -1.49. The predicted octanol–water partition coefficient (Wildman–Crippen LogP) is 6.34. The number of anilines is 2. The molecule has 0 spiro atoms. The number of nitrogens with one attached hydrogen (secondary N) is 3. The molecule has 1 saturated heterocycles. The van der Waals surface area contributed by atoms with Crippen molar-refractivity contribution in [1.82, 2.24) is 10.2 Å². The lowest BCUT2D eigenvalue weighted by Crippen LogP contribution is -2.50. The lowest BCUT2D eigenvalue weighted by atomic mass is 9.90. The molecule has 2 aromatic rings. The minimum absolute atomic E-state index is 0.0638. The highest BCUT2D eigenvalue weighted by molar-refractivity contribution is 6.33. The second kappa shape index (κ2) is 15.0. The zero-order chi connectivity index (χ0) is 31.9. The van der Waals surface area contributed by atoms with Crippen LogP contribution >= 0.6 is 11.6 Å². The molecule has 4 atom stereocenters. The van der Waals surface area contributed by atoms with E-state index >= 15 is 0 Å². The van der Waals surface area contributed by atoms with E-state index in [1.807, 2.05) is 25.9 Å². The summed E-state index contributed by atoms with van der Waals surface area (Å²) in [6.07, 6.45) is -1.20. The third-order valence-electron chi connectivity index (χ3n) is 7.62. The fraction of sp³-hybridized carbons (Fsp3) is 0.516. The number of alkyl halides is 3. The van der Waals surface area contributed by atoms with Crippen LogP contribution in [0.25, 0.3) is 0 Å². The van der Waals surface area contributed by atoms with Gasteiger partial charge in [0, 0.05) is 30.3 Å². The van der Waals surface area contributed by atoms with Gasteiger partial charge in [0.25, 0.3) is 0 Å². The van der Waals surface area contributed by atoms with Crippen LogP contribution in [0.1, 0.15) is 44.2 Å². The Morgan fingerprint density at radius 1 is 1.23 bits per heavy atom.